The van der Waals surface area contributed by atoms with Crippen LogP contribution in [-0.4, -0.2) is 11.2 Å². The molecule has 2 aromatic rings. The van der Waals surface area contributed by atoms with Crippen LogP contribution in [0, 0.1) is 11.3 Å². The first-order valence-electron chi connectivity index (χ1n) is 7.03. The fourth-order valence-electron chi connectivity index (χ4n) is 2.01. The smallest absolute Gasteiger partial charge is 0.252 e. The van der Waals surface area contributed by atoms with E-state index in [1.54, 1.807) is 6.21 Å². The zero-order valence-electron chi connectivity index (χ0n) is 12.2. The van der Waals surface area contributed by atoms with Crippen LogP contribution in [0.1, 0.15) is 49.8 Å². The molecule has 21 heavy (non-hydrogen) atoms. The number of hydrogen-bond acceptors (Lipinski definition) is 5. The first kappa shape index (κ1) is 14.8. The molecule has 0 bridgehead atoms. The Bertz CT molecular complexity index is 636. The van der Waals surface area contributed by atoms with Crippen LogP contribution in [0.2, 0.25) is 0 Å². The first-order valence-corrected chi connectivity index (χ1v) is 7.03. The Morgan fingerprint density at radius 1 is 1.33 bits per heavy atom. The molecular weight excluding hydrogens is 264 g/mol. The highest BCUT2D eigenvalue weighted by Crippen LogP contribution is 2.26. The number of hydrazone groups is 1. The number of hydrogen-bond donors (Lipinski definition) is 1. The van der Waals surface area contributed by atoms with E-state index in [1.807, 2.05) is 36.4 Å². The lowest BCUT2D eigenvalue weighted by atomic mass is 10.0. The van der Waals surface area contributed by atoms with Crippen LogP contribution in [0.3, 0.4) is 0 Å². The molecule has 0 aliphatic heterocycles. The highest BCUT2D eigenvalue weighted by Gasteiger charge is 2.18. The summed E-state index contributed by atoms with van der Waals surface area (Å²) in [6, 6.07) is 11.7. The van der Waals surface area contributed by atoms with Crippen molar-refractivity contribution < 1.29 is 4.42 Å². The second-order valence-corrected chi connectivity index (χ2v) is 4.64. The van der Waals surface area contributed by atoms with E-state index in [0.29, 0.717) is 11.8 Å². The summed E-state index contributed by atoms with van der Waals surface area (Å²) in [5.41, 5.74) is 3.95. The molecular formula is C16H18N4O. The SMILES string of the molecule is CCC(CC)c1nc(C#N)c(NN=Cc2ccccc2)o1. The van der Waals surface area contributed by atoms with Gasteiger partial charge in [-0.3, -0.25) is 0 Å². The first-order chi connectivity index (χ1) is 10.3. The number of oxazole rings is 1. The van der Waals surface area contributed by atoms with E-state index in [1.165, 1.54) is 0 Å². The normalized spacial score (nSPS) is 11.0. The summed E-state index contributed by atoms with van der Waals surface area (Å²) in [7, 11) is 0. The average molecular weight is 282 g/mol. The summed E-state index contributed by atoms with van der Waals surface area (Å²) in [6.45, 7) is 4.15. The molecule has 0 atom stereocenters. The highest BCUT2D eigenvalue weighted by atomic mass is 16.4. The van der Waals surface area contributed by atoms with Crippen LogP contribution in [0.4, 0.5) is 5.88 Å². The zero-order valence-corrected chi connectivity index (χ0v) is 12.2. The fourth-order valence-corrected chi connectivity index (χ4v) is 2.01. The predicted molar refractivity (Wildman–Crippen MR) is 82.2 cm³/mol. The quantitative estimate of drug-likeness (QED) is 0.644. The fraction of sp³-hybridized carbons (Fsp3) is 0.312. The Kier molecular flexibility index (Phi) is 5.10. The number of benzene rings is 1. The Morgan fingerprint density at radius 3 is 2.67 bits per heavy atom. The maximum absolute atomic E-state index is 9.11. The Morgan fingerprint density at radius 2 is 2.05 bits per heavy atom. The maximum Gasteiger partial charge on any atom is 0.252 e. The van der Waals surface area contributed by atoms with Crippen molar-refractivity contribution in [2.75, 3.05) is 5.43 Å². The van der Waals surface area contributed by atoms with Gasteiger partial charge in [0.25, 0.3) is 5.88 Å². The number of nitrogens with zero attached hydrogens (tertiary/aromatic N) is 3. The molecule has 0 radical (unpaired) electrons. The molecule has 0 spiro atoms. The number of rotatable bonds is 6. The molecule has 0 saturated carbocycles. The highest BCUT2D eigenvalue weighted by molar-refractivity contribution is 5.79. The van der Waals surface area contributed by atoms with E-state index in [9.17, 15) is 0 Å². The summed E-state index contributed by atoms with van der Waals surface area (Å²) in [6.07, 6.45) is 3.52. The standard InChI is InChI=1S/C16H18N4O/c1-3-13(4-2)15-19-14(10-17)16(21-15)20-18-11-12-8-6-5-7-9-12/h5-9,11,13,20H,3-4H2,1-2H3. The van der Waals surface area contributed by atoms with Gasteiger partial charge in [0.05, 0.1) is 6.21 Å². The third-order valence-electron chi connectivity index (χ3n) is 3.26. The van der Waals surface area contributed by atoms with Crippen LogP contribution in [-0.2, 0) is 0 Å². The maximum atomic E-state index is 9.11. The summed E-state index contributed by atoms with van der Waals surface area (Å²) in [5, 5.41) is 13.2. The number of aromatic nitrogens is 1. The second-order valence-electron chi connectivity index (χ2n) is 4.64. The predicted octanol–water partition coefficient (Wildman–Crippen LogP) is 3.90. The molecule has 0 aliphatic rings. The molecule has 0 fully saturated rings. The van der Waals surface area contributed by atoms with Gasteiger partial charge in [-0.1, -0.05) is 44.2 Å². The van der Waals surface area contributed by atoms with E-state index < -0.39 is 0 Å². The minimum atomic E-state index is 0.228. The molecule has 1 N–H and O–H groups in total. The van der Waals surface area contributed by atoms with Gasteiger partial charge < -0.3 is 4.42 Å². The van der Waals surface area contributed by atoms with Gasteiger partial charge in [-0.05, 0) is 18.4 Å². The lowest BCUT2D eigenvalue weighted by Gasteiger charge is -2.05. The van der Waals surface area contributed by atoms with Crippen LogP contribution in [0.5, 0.6) is 0 Å². The summed E-state index contributed by atoms with van der Waals surface area (Å²) >= 11 is 0. The molecule has 0 aliphatic carbocycles. The van der Waals surface area contributed by atoms with Crippen LogP contribution < -0.4 is 5.43 Å². The second kappa shape index (κ2) is 7.25. The van der Waals surface area contributed by atoms with Gasteiger partial charge in [0.1, 0.15) is 6.07 Å². The third kappa shape index (κ3) is 3.69. The molecule has 5 nitrogen and oxygen atoms in total. The van der Waals surface area contributed by atoms with E-state index in [2.05, 4.69) is 29.4 Å². The van der Waals surface area contributed by atoms with Gasteiger partial charge in [-0.25, -0.2) is 10.4 Å². The van der Waals surface area contributed by atoms with E-state index in [0.717, 1.165) is 18.4 Å². The van der Waals surface area contributed by atoms with Crippen LogP contribution in [0.25, 0.3) is 0 Å². The molecule has 1 aromatic carbocycles. The monoisotopic (exact) mass is 282 g/mol. The zero-order chi connectivity index (χ0) is 15.1. The van der Waals surface area contributed by atoms with Crippen molar-refractivity contribution >= 4 is 12.1 Å². The Labute approximate surface area is 124 Å². The third-order valence-corrected chi connectivity index (χ3v) is 3.26. The summed E-state index contributed by atoms with van der Waals surface area (Å²) < 4.78 is 5.63. The molecule has 2 rings (SSSR count). The number of nitriles is 1. The lowest BCUT2D eigenvalue weighted by molar-refractivity contribution is 0.439. The molecule has 0 unspecified atom stereocenters. The van der Waals surface area contributed by atoms with Crippen molar-refractivity contribution in [3.8, 4) is 6.07 Å². The summed E-state index contributed by atoms with van der Waals surface area (Å²) in [5.74, 6) is 1.12. The van der Waals surface area contributed by atoms with E-state index in [4.69, 9.17) is 9.68 Å². The van der Waals surface area contributed by atoms with E-state index in [-0.39, 0.29) is 11.6 Å². The molecule has 5 heteroatoms. The van der Waals surface area contributed by atoms with Crippen LogP contribution >= 0.6 is 0 Å². The van der Waals surface area contributed by atoms with Crippen molar-refractivity contribution in [3.63, 3.8) is 0 Å². The number of nitrogens with one attached hydrogen (secondary N) is 1. The van der Waals surface area contributed by atoms with Crippen LogP contribution in [0.15, 0.2) is 39.9 Å². The van der Waals surface area contributed by atoms with Gasteiger partial charge in [0.2, 0.25) is 11.6 Å². The van der Waals surface area contributed by atoms with Gasteiger partial charge >= 0.3 is 0 Å². The largest absolute Gasteiger partial charge is 0.422 e. The lowest BCUT2D eigenvalue weighted by Crippen LogP contribution is -1.95. The van der Waals surface area contributed by atoms with Crippen molar-refractivity contribution in [2.45, 2.75) is 32.6 Å². The van der Waals surface area contributed by atoms with Gasteiger partial charge in [0.15, 0.2) is 0 Å². The van der Waals surface area contributed by atoms with Crippen molar-refractivity contribution in [3.05, 3.63) is 47.5 Å². The van der Waals surface area contributed by atoms with Crippen molar-refractivity contribution in [2.24, 2.45) is 5.10 Å². The average Bonchev–Trinajstić information content (AvgIpc) is 2.93. The number of anilines is 1. The van der Waals surface area contributed by atoms with Gasteiger partial charge in [-0.15, -0.1) is 0 Å². The minimum Gasteiger partial charge on any atom is -0.422 e. The Balaban J connectivity index is 2.13. The topological polar surface area (TPSA) is 74.2 Å². The molecule has 0 amide bonds. The van der Waals surface area contributed by atoms with Crippen molar-refractivity contribution in [1.82, 2.24) is 4.98 Å². The minimum absolute atomic E-state index is 0.228. The van der Waals surface area contributed by atoms with Gasteiger partial charge in [0, 0.05) is 5.92 Å². The molecule has 0 saturated heterocycles. The van der Waals surface area contributed by atoms with E-state index >= 15 is 0 Å². The molecule has 1 aromatic heterocycles. The molecule has 1 heterocycles. The summed E-state index contributed by atoms with van der Waals surface area (Å²) in [4.78, 5) is 4.23. The molecule has 108 valence electrons. The Hall–Kier alpha value is -2.61. The van der Waals surface area contributed by atoms with Gasteiger partial charge in [-0.2, -0.15) is 10.4 Å². The van der Waals surface area contributed by atoms with Crippen molar-refractivity contribution in [1.29, 1.82) is 5.26 Å².